The zero-order chi connectivity index (χ0) is 9.68. The van der Waals surface area contributed by atoms with Crippen LogP contribution < -0.4 is 5.73 Å². The van der Waals surface area contributed by atoms with Gasteiger partial charge in [-0.05, 0) is 17.7 Å². The average Bonchev–Trinajstić information content (AvgIpc) is 2.15. The van der Waals surface area contributed by atoms with Gasteiger partial charge in [0.25, 0.3) is 0 Å². The third kappa shape index (κ3) is 3.23. The Morgan fingerprint density at radius 3 is 2.62 bits per heavy atom. The minimum atomic E-state index is 0.321. The molecule has 1 rings (SSSR count). The second kappa shape index (κ2) is 4.60. The molecule has 0 aliphatic heterocycles. The van der Waals surface area contributed by atoms with Crippen molar-refractivity contribution in [2.45, 2.75) is 20.4 Å². The van der Waals surface area contributed by atoms with Gasteiger partial charge < -0.3 is 5.73 Å². The Kier molecular flexibility index (Phi) is 3.43. The molecule has 2 N–H and O–H groups in total. The third-order valence-corrected chi connectivity index (χ3v) is 1.79. The van der Waals surface area contributed by atoms with Gasteiger partial charge in [-0.3, -0.25) is 9.98 Å². The van der Waals surface area contributed by atoms with E-state index in [0.717, 1.165) is 5.56 Å². The second-order valence-electron chi connectivity index (χ2n) is 3.25. The van der Waals surface area contributed by atoms with Crippen molar-refractivity contribution >= 4 is 5.84 Å². The summed E-state index contributed by atoms with van der Waals surface area (Å²) in [7, 11) is 0. The van der Waals surface area contributed by atoms with Crippen molar-refractivity contribution in [2.24, 2.45) is 16.6 Å². The monoisotopic (exact) mass is 177 g/mol. The Labute approximate surface area is 78.7 Å². The Balaban J connectivity index is 2.57. The summed E-state index contributed by atoms with van der Waals surface area (Å²) in [6, 6.07) is 3.88. The van der Waals surface area contributed by atoms with E-state index in [1.165, 1.54) is 0 Å². The van der Waals surface area contributed by atoms with Crippen LogP contribution in [0.1, 0.15) is 19.4 Å². The summed E-state index contributed by atoms with van der Waals surface area (Å²) in [6.45, 7) is 4.71. The van der Waals surface area contributed by atoms with Crippen LogP contribution in [0.2, 0.25) is 0 Å². The average molecular weight is 177 g/mol. The highest BCUT2D eigenvalue weighted by atomic mass is 14.9. The number of pyridine rings is 1. The second-order valence-corrected chi connectivity index (χ2v) is 3.25. The summed E-state index contributed by atoms with van der Waals surface area (Å²) >= 11 is 0. The van der Waals surface area contributed by atoms with Crippen molar-refractivity contribution in [1.29, 1.82) is 0 Å². The SMILES string of the molecule is CC(C)C(N)=NCc1ccncc1. The van der Waals surface area contributed by atoms with Crippen molar-refractivity contribution in [3.05, 3.63) is 30.1 Å². The van der Waals surface area contributed by atoms with Crippen LogP contribution in [0.3, 0.4) is 0 Å². The molecule has 0 aliphatic carbocycles. The van der Waals surface area contributed by atoms with Crippen LogP contribution in [-0.4, -0.2) is 10.8 Å². The lowest BCUT2D eigenvalue weighted by atomic mass is 10.2. The van der Waals surface area contributed by atoms with Crippen LogP contribution in [0, 0.1) is 5.92 Å². The van der Waals surface area contributed by atoms with Crippen molar-refractivity contribution in [3.63, 3.8) is 0 Å². The van der Waals surface area contributed by atoms with Gasteiger partial charge in [0, 0.05) is 18.3 Å². The van der Waals surface area contributed by atoms with E-state index in [2.05, 4.69) is 9.98 Å². The molecule has 0 aliphatic rings. The third-order valence-electron chi connectivity index (χ3n) is 1.79. The Morgan fingerprint density at radius 2 is 2.08 bits per heavy atom. The summed E-state index contributed by atoms with van der Waals surface area (Å²) in [6.07, 6.45) is 3.52. The maximum Gasteiger partial charge on any atom is 0.0966 e. The van der Waals surface area contributed by atoms with E-state index < -0.39 is 0 Å². The number of hydrogen-bond acceptors (Lipinski definition) is 2. The molecule has 3 heteroatoms. The van der Waals surface area contributed by atoms with Crippen molar-refractivity contribution in [2.75, 3.05) is 0 Å². The summed E-state index contributed by atoms with van der Waals surface area (Å²) in [5.41, 5.74) is 6.84. The number of amidine groups is 1. The van der Waals surface area contributed by atoms with Crippen LogP contribution >= 0.6 is 0 Å². The smallest absolute Gasteiger partial charge is 0.0966 e. The van der Waals surface area contributed by atoms with Gasteiger partial charge in [0.05, 0.1) is 12.4 Å². The normalized spacial score (nSPS) is 12.1. The number of aliphatic imine (C=N–C) groups is 1. The Hall–Kier alpha value is -1.38. The molecule has 0 spiro atoms. The summed E-state index contributed by atoms with van der Waals surface area (Å²) in [5.74, 6) is 1.03. The molecule has 0 radical (unpaired) electrons. The molecule has 0 bridgehead atoms. The van der Waals surface area contributed by atoms with E-state index in [-0.39, 0.29) is 0 Å². The fraction of sp³-hybridized carbons (Fsp3) is 0.400. The number of aromatic nitrogens is 1. The van der Waals surface area contributed by atoms with Gasteiger partial charge >= 0.3 is 0 Å². The van der Waals surface area contributed by atoms with Crippen molar-refractivity contribution in [1.82, 2.24) is 4.98 Å². The first-order valence-corrected chi connectivity index (χ1v) is 4.39. The van der Waals surface area contributed by atoms with Gasteiger partial charge in [0.15, 0.2) is 0 Å². The van der Waals surface area contributed by atoms with Crippen molar-refractivity contribution in [3.8, 4) is 0 Å². The Morgan fingerprint density at radius 1 is 1.46 bits per heavy atom. The van der Waals surface area contributed by atoms with E-state index in [1.807, 2.05) is 26.0 Å². The van der Waals surface area contributed by atoms with Gasteiger partial charge in [0.2, 0.25) is 0 Å². The molecule has 13 heavy (non-hydrogen) atoms. The molecule has 1 aromatic heterocycles. The fourth-order valence-electron chi connectivity index (χ4n) is 0.853. The first-order valence-electron chi connectivity index (χ1n) is 4.39. The minimum absolute atomic E-state index is 0.321. The van der Waals surface area contributed by atoms with Crippen molar-refractivity contribution < 1.29 is 0 Å². The highest BCUT2D eigenvalue weighted by Crippen LogP contribution is 2.00. The molecule has 0 aromatic carbocycles. The summed E-state index contributed by atoms with van der Waals surface area (Å²) in [4.78, 5) is 8.19. The quantitative estimate of drug-likeness (QED) is 0.563. The molecular formula is C10H15N3. The molecule has 0 amide bonds. The van der Waals surface area contributed by atoms with E-state index in [1.54, 1.807) is 12.4 Å². The molecule has 1 aromatic rings. The standard InChI is InChI=1S/C10H15N3/c1-8(2)10(11)13-7-9-3-5-12-6-4-9/h3-6,8H,7H2,1-2H3,(H2,11,13). The van der Waals surface area contributed by atoms with Crippen LogP contribution in [-0.2, 0) is 6.54 Å². The van der Waals surface area contributed by atoms with E-state index in [4.69, 9.17) is 5.73 Å². The fourth-order valence-corrected chi connectivity index (χ4v) is 0.853. The lowest BCUT2D eigenvalue weighted by Gasteiger charge is -2.03. The highest BCUT2D eigenvalue weighted by molar-refractivity contribution is 5.82. The van der Waals surface area contributed by atoms with Gasteiger partial charge in [-0.15, -0.1) is 0 Å². The van der Waals surface area contributed by atoms with Gasteiger partial charge in [0.1, 0.15) is 0 Å². The van der Waals surface area contributed by atoms with Crippen LogP contribution in [0.15, 0.2) is 29.5 Å². The number of hydrogen-bond donors (Lipinski definition) is 1. The molecule has 0 saturated carbocycles. The molecule has 0 unspecified atom stereocenters. The van der Waals surface area contributed by atoms with E-state index in [9.17, 15) is 0 Å². The van der Waals surface area contributed by atoms with Crippen LogP contribution in [0.4, 0.5) is 0 Å². The highest BCUT2D eigenvalue weighted by Gasteiger charge is 1.97. The first kappa shape index (κ1) is 9.71. The maximum absolute atomic E-state index is 5.70. The number of nitrogens with two attached hydrogens (primary N) is 1. The molecule has 0 fully saturated rings. The number of nitrogens with zero attached hydrogens (tertiary/aromatic N) is 2. The van der Waals surface area contributed by atoms with E-state index in [0.29, 0.717) is 18.3 Å². The zero-order valence-electron chi connectivity index (χ0n) is 8.07. The van der Waals surface area contributed by atoms with E-state index >= 15 is 0 Å². The first-order chi connectivity index (χ1) is 6.20. The van der Waals surface area contributed by atoms with Gasteiger partial charge in [-0.2, -0.15) is 0 Å². The molecular weight excluding hydrogens is 162 g/mol. The summed E-state index contributed by atoms with van der Waals surface area (Å²) < 4.78 is 0. The summed E-state index contributed by atoms with van der Waals surface area (Å²) in [5, 5.41) is 0. The zero-order valence-corrected chi connectivity index (χ0v) is 8.07. The largest absolute Gasteiger partial charge is 0.387 e. The number of rotatable bonds is 3. The molecule has 70 valence electrons. The lowest BCUT2D eigenvalue weighted by Crippen LogP contribution is -2.18. The molecule has 0 atom stereocenters. The maximum atomic E-state index is 5.70. The molecule has 1 heterocycles. The predicted molar refractivity (Wildman–Crippen MR) is 54.4 cm³/mol. The lowest BCUT2D eigenvalue weighted by molar-refractivity contribution is 0.854. The Bertz CT molecular complexity index is 277. The molecule has 3 nitrogen and oxygen atoms in total. The van der Waals surface area contributed by atoms with Crippen LogP contribution in [0.25, 0.3) is 0 Å². The predicted octanol–water partition coefficient (Wildman–Crippen LogP) is 1.59. The molecule has 0 saturated heterocycles. The topological polar surface area (TPSA) is 51.3 Å². The minimum Gasteiger partial charge on any atom is -0.387 e. The van der Waals surface area contributed by atoms with Gasteiger partial charge in [-0.1, -0.05) is 13.8 Å². The van der Waals surface area contributed by atoms with Gasteiger partial charge in [-0.25, -0.2) is 0 Å². The van der Waals surface area contributed by atoms with Crippen LogP contribution in [0.5, 0.6) is 0 Å².